The molecular weight excluding hydrogens is 314 g/mol. The average Bonchev–Trinajstić information content (AvgIpc) is 2.11. The van der Waals surface area contributed by atoms with E-state index in [2.05, 4.69) is 4.18 Å². The van der Waals surface area contributed by atoms with Crippen molar-refractivity contribution in [2.75, 3.05) is 0 Å². The summed E-state index contributed by atoms with van der Waals surface area (Å²) >= 11 is 0. The molecule has 1 aromatic rings. The van der Waals surface area contributed by atoms with E-state index in [9.17, 15) is 25.3 Å². The van der Waals surface area contributed by atoms with E-state index in [0.29, 0.717) is 0 Å². The molecule has 0 bridgehead atoms. The number of benzene rings is 1. The molecule has 1 aromatic carbocycles. The van der Waals surface area contributed by atoms with Crippen molar-refractivity contribution in [2.45, 2.75) is 6.32 Å². The van der Waals surface area contributed by atoms with Gasteiger partial charge >= 0.3 is 68.9 Å². The summed E-state index contributed by atoms with van der Waals surface area (Å²) in [6, 6.07) is 2.77. The van der Waals surface area contributed by atoms with Crippen LogP contribution < -0.4 is 55.6 Å². The first kappa shape index (κ1) is 19.0. The number of halogens is 4. The van der Waals surface area contributed by atoms with Gasteiger partial charge < -0.3 is 17.1 Å². The zero-order chi connectivity index (χ0) is 14.0. The van der Waals surface area contributed by atoms with Crippen LogP contribution in [-0.4, -0.2) is 15.4 Å². The molecule has 19 heavy (non-hydrogen) atoms. The van der Waals surface area contributed by atoms with E-state index in [1.807, 2.05) is 5.92 Å². The van der Waals surface area contributed by atoms with Crippen LogP contribution in [0.1, 0.15) is 11.1 Å². The van der Waals surface area contributed by atoms with Crippen LogP contribution in [0.25, 0.3) is 0 Å². The molecule has 3 nitrogen and oxygen atoms in total. The molecule has 0 saturated heterocycles. The van der Waals surface area contributed by atoms with Crippen LogP contribution in [0.4, 0.5) is 16.8 Å². The third-order valence-electron chi connectivity index (χ3n) is 1.80. The summed E-state index contributed by atoms with van der Waals surface area (Å²) in [5.41, 5.74) is -0.331. The number of hydrogen-bond acceptors (Lipinski definition) is 3. The SMILES string of the molecule is C#Cc1cc(C[B-](F)(F)F)cc(OS(=O)(=O)F)c1.[K+]. The van der Waals surface area contributed by atoms with Gasteiger partial charge in [0, 0.05) is 5.56 Å². The molecule has 98 valence electrons. The van der Waals surface area contributed by atoms with Crippen molar-refractivity contribution in [3.05, 3.63) is 29.3 Å². The second-order valence-corrected chi connectivity index (χ2v) is 4.35. The first-order valence-corrected chi connectivity index (χ1v) is 5.85. The van der Waals surface area contributed by atoms with Gasteiger partial charge in [-0.3, -0.25) is 0 Å². The molecule has 0 aliphatic rings. The zero-order valence-electron chi connectivity index (χ0n) is 9.74. The van der Waals surface area contributed by atoms with Crippen LogP contribution in [0.5, 0.6) is 5.75 Å². The number of rotatable bonds is 4. The molecule has 0 amide bonds. The molecule has 0 saturated carbocycles. The van der Waals surface area contributed by atoms with Crippen LogP contribution in [0.3, 0.4) is 0 Å². The van der Waals surface area contributed by atoms with E-state index in [1.165, 1.54) is 0 Å². The van der Waals surface area contributed by atoms with E-state index in [1.54, 1.807) is 0 Å². The van der Waals surface area contributed by atoms with E-state index in [-0.39, 0.29) is 62.5 Å². The van der Waals surface area contributed by atoms with Crippen molar-refractivity contribution in [2.24, 2.45) is 0 Å². The largest absolute Gasteiger partial charge is 1.00 e. The third-order valence-corrected chi connectivity index (χ3v) is 2.19. The Morgan fingerprint density at radius 1 is 1.26 bits per heavy atom. The van der Waals surface area contributed by atoms with Gasteiger partial charge in [0.05, 0.1) is 0 Å². The minimum atomic E-state index is -5.31. The average molecular weight is 320 g/mol. The van der Waals surface area contributed by atoms with Crippen LogP contribution in [0, 0.1) is 12.3 Å². The van der Waals surface area contributed by atoms with Gasteiger partial charge in [0.1, 0.15) is 5.75 Å². The molecular formula is C9H6BF4KO3S. The molecule has 0 spiro atoms. The second kappa shape index (κ2) is 7.10. The Bertz CT molecular complexity index is 594. The Balaban J connectivity index is 0.00000324. The topological polar surface area (TPSA) is 43.4 Å². The summed E-state index contributed by atoms with van der Waals surface area (Å²) in [6.07, 6.45) is 3.72. The van der Waals surface area contributed by atoms with E-state index in [4.69, 9.17) is 6.42 Å². The molecule has 0 aliphatic heterocycles. The summed E-state index contributed by atoms with van der Waals surface area (Å²) in [6.45, 7) is -5.12. The monoisotopic (exact) mass is 320 g/mol. The second-order valence-electron chi connectivity index (χ2n) is 3.40. The van der Waals surface area contributed by atoms with E-state index in [0.717, 1.165) is 18.2 Å². The Kier molecular flexibility index (Phi) is 7.08. The van der Waals surface area contributed by atoms with Crippen molar-refractivity contribution in [1.29, 1.82) is 0 Å². The van der Waals surface area contributed by atoms with E-state index < -0.39 is 29.6 Å². The van der Waals surface area contributed by atoms with Crippen LogP contribution in [-0.2, 0) is 16.8 Å². The maximum atomic E-state index is 12.3. The Morgan fingerprint density at radius 2 is 1.84 bits per heavy atom. The fourth-order valence-corrected chi connectivity index (χ4v) is 1.62. The Hall–Kier alpha value is -0.0487. The van der Waals surface area contributed by atoms with Gasteiger partial charge in [0.15, 0.2) is 0 Å². The minimum absolute atomic E-state index is 0. The molecule has 0 radical (unpaired) electrons. The molecule has 0 N–H and O–H groups in total. The number of hydrogen-bond donors (Lipinski definition) is 0. The summed E-state index contributed by atoms with van der Waals surface area (Å²) in [7, 11) is -5.31. The quantitative estimate of drug-likeness (QED) is 0.316. The Labute approximate surface area is 150 Å². The molecule has 0 fully saturated rings. The van der Waals surface area contributed by atoms with Gasteiger partial charge in [-0.2, -0.15) is 8.42 Å². The molecule has 10 heteroatoms. The summed E-state index contributed by atoms with van der Waals surface area (Å²) in [4.78, 5) is 0. The van der Waals surface area contributed by atoms with Crippen molar-refractivity contribution in [1.82, 2.24) is 0 Å². The summed E-state index contributed by atoms with van der Waals surface area (Å²) in [5, 5.41) is 0. The van der Waals surface area contributed by atoms with Gasteiger partial charge in [-0.05, 0) is 18.2 Å². The molecule has 1 rings (SSSR count). The molecule has 0 atom stereocenters. The molecule has 0 aliphatic carbocycles. The predicted octanol–water partition coefficient (Wildman–Crippen LogP) is -0.806. The van der Waals surface area contributed by atoms with Gasteiger partial charge in [-0.25, -0.2) is 0 Å². The van der Waals surface area contributed by atoms with Gasteiger partial charge in [0.2, 0.25) is 0 Å². The van der Waals surface area contributed by atoms with Crippen LogP contribution in [0.15, 0.2) is 18.2 Å². The maximum absolute atomic E-state index is 12.3. The third kappa shape index (κ3) is 7.96. The van der Waals surface area contributed by atoms with Gasteiger partial charge in [-0.15, -0.1) is 6.42 Å². The fraction of sp³-hybridized carbons (Fsp3) is 0.111. The maximum Gasteiger partial charge on any atom is 1.00 e. The molecule has 0 heterocycles. The first-order chi connectivity index (χ1) is 8.09. The smallest absolute Gasteiger partial charge is 0.449 e. The van der Waals surface area contributed by atoms with Crippen molar-refractivity contribution < 1.29 is 80.8 Å². The fourth-order valence-electron chi connectivity index (χ4n) is 1.29. The van der Waals surface area contributed by atoms with Crippen molar-refractivity contribution in [3.63, 3.8) is 0 Å². The van der Waals surface area contributed by atoms with Crippen LogP contribution >= 0.6 is 0 Å². The van der Waals surface area contributed by atoms with Gasteiger partial charge in [-0.1, -0.05) is 21.7 Å². The van der Waals surface area contributed by atoms with Gasteiger partial charge in [0.25, 0.3) is 0 Å². The van der Waals surface area contributed by atoms with Crippen molar-refractivity contribution >= 4 is 17.5 Å². The zero-order valence-corrected chi connectivity index (χ0v) is 13.7. The predicted molar refractivity (Wildman–Crippen MR) is 57.8 cm³/mol. The number of terminal acetylenes is 1. The van der Waals surface area contributed by atoms with Crippen molar-refractivity contribution in [3.8, 4) is 18.1 Å². The van der Waals surface area contributed by atoms with E-state index >= 15 is 0 Å². The minimum Gasteiger partial charge on any atom is -0.449 e. The van der Waals surface area contributed by atoms with Crippen LogP contribution in [0.2, 0.25) is 0 Å². The molecule has 0 unspecified atom stereocenters. The Morgan fingerprint density at radius 3 is 2.26 bits per heavy atom. The standard InChI is InChI=1S/C9H6BF4O3S.K/c1-2-7-3-8(6-10(11,12)13)5-9(4-7)17-18(14,15)16;/h1,3-5H,6H2;/q-1;+1. The molecule has 0 aromatic heterocycles. The summed E-state index contributed by atoms with van der Waals surface area (Å²) < 4.78 is 73.3. The summed E-state index contributed by atoms with van der Waals surface area (Å²) in [5.74, 6) is 1.43. The first-order valence-electron chi connectivity index (χ1n) is 4.55. The normalized spacial score (nSPS) is 11.3.